The Balaban J connectivity index is 2.40. The van der Waals surface area contributed by atoms with Gasteiger partial charge in [0.25, 0.3) is 0 Å². The third-order valence-corrected chi connectivity index (χ3v) is 2.84. The van der Waals surface area contributed by atoms with E-state index in [0.717, 1.165) is 12.2 Å². The summed E-state index contributed by atoms with van der Waals surface area (Å²) in [6.45, 7) is 4.93. The maximum atomic E-state index is 8.99. The summed E-state index contributed by atoms with van der Waals surface area (Å²) < 4.78 is 5.62. The Morgan fingerprint density at radius 3 is 2.62 bits per heavy atom. The van der Waals surface area contributed by atoms with Crippen molar-refractivity contribution in [3.8, 4) is 5.75 Å². The topological polar surface area (TPSA) is 41.5 Å². The van der Waals surface area contributed by atoms with E-state index in [-0.39, 0.29) is 12.6 Å². The van der Waals surface area contributed by atoms with Crippen LogP contribution in [0.5, 0.6) is 5.75 Å². The SMILES string of the molecule is CNC(CO)CCOc1ccc(C)c(C)c1. The third-order valence-electron chi connectivity index (χ3n) is 2.84. The molecule has 0 saturated heterocycles. The predicted octanol–water partition coefficient (Wildman–Crippen LogP) is 1.65. The molecule has 3 heteroatoms. The van der Waals surface area contributed by atoms with Crippen LogP contribution in [0.1, 0.15) is 17.5 Å². The zero-order valence-electron chi connectivity index (χ0n) is 10.3. The Morgan fingerprint density at radius 1 is 1.31 bits per heavy atom. The normalized spacial score (nSPS) is 12.5. The van der Waals surface area contributed by atoms with Crippen LogP contribution in [0, 0.1) is 13.8 Å². The maximum absolute atomic E-state index is 8.99. The summed E-state index contributed by atoms with van der Waals surface area (Å²) in [4.78, 5) is 0. The van der Waals surface area contributed by atoms with E-state index in [9.17, 15) is 0 Å². The van der Waals surface area contributed by atoms with Crippen LogP contribution in [0.4, 0.5) is 0 Å². The fraction of sp³-hybridized carbons (Fsp3) is 0.538. The highest BCUT2D eigenvalue weighted by Crippen LogP contribution is 2.16. The molecule has 90 valence electrons. The van der Waals surface area contributed by atoms with Crippen molar-refractivity contribution in [2.75, 3.05) is 20.3 Å². The minimum Gasteiger partial charge on any atom is -0.494 e. The van der Waals surface area contributed by atoms with E-state index in [1.165, 1.54) is 11.1 Å². The standard InChI is InChI=1S/C13H21NO2/c1-10-4-5-13(8-11(10)2)16-7-6-12(9-15)14-3/h4-5,8,12,14-15H,6-7,9H2,1-3H3. The van der Waals surface area contributed by atoms with Crippen LogP contribution in [0.15, 0.2) is 18.2 Å². The number of hydrogen-bond donors (Lipinski definition) is 2. The largest absolute Gasteiger partial charge is 0.494 e. The Labute approximate surface area is 97.4 Å². The molecule has 1 aromatic rings. The molecule has 1 unspecified atom stereocenters. The molecule has 2 N–H and O–H groups in total. The second kappa shape index (κ2) is 6.51. The van der Waals surface area contributed by atoms with Crippen molar-refractivity contribution in [2.45, 2.75) is 26.3 Å². The predicted molar refractivity (Wildman–Crippen MR) is 66.0 cm³/mol. The van der Waals surface area contributed by atoms with Gasteiger partial charge in [-0.15, -0.1) is 0 Å². The van der Waals surface area contributed by atoms with E-state index in [1.807, 2.05) is 19.2 Å². The summed E-state index contributed by atoms with van der Waals surface area (Å²) in [6.07, 6.45) is 0.805. The molecule has 0 aliphatic rings. The lowest BCUT2D eigenvalue weighted by Crippen LogP contribution is -2.30. The number of benzene rings is 1. The van der Waals surface area contributed by atoms with Crippen molar-refractivity contribution in [1.29, 1.82) is 0 Å². The first-order valence-corrected chi connectivity index (χ1v) is 5.65. The molecule has 0 aliphatic heterocycles. The van der Waals surface area contributed by atoms with Gasteiger partial charge in [0.05, 0.1) is 13.2 Å². The molecule has 0 saturated carbocycles. The monoisotopic (exact) mass is 223 g/mol. The van der Waals surface area contributed by atoms with Crippen molar-refractivity contribution in [1.82, 2.24) is 5.32 Å². The van der Waals surface area contributed by atoms with Gasteiger partial charge in [0.15, 0.2) is 0 Å². The zero-order valence-corrected chi connectivity index (χ0v) is 10.3. The van der Waals surface area contributed by atoms with Crippen LogP contribution in [-0.2, 0) is 0 Å². The highest BCUT2D eigenvalue weighted by Gasteiger charge is 2.04. The van der Waals surface area contributed by atoms with Gasteiger partial charge in [-0.2, -0.15) is 0 Å². The minimum atomic E-state index is 0.117. The maximum Gasteiger partial charge on any atom is 0.119 e. The van der Waals surface area contributed by atoms with E-state index in [0.29, 0.717) is 6.61 Å². The molecule has 0 amide bonds. The number of likely N-dealkylation sites (N-methyl/N-ethyl adjacent to an activating group) is 1. The molecule has 0 aromatic heterocycles. The summed E-state index contributed by atoms with van der Waals surface area (Å²) in [5.41, 5.74) is 2.51. The molecule has 16 heavy (non-hydrogen) atoms. The number of aliphatic hydroxyl groups is 1. The van der Waals surface area contributed by atoms with Gasteiger partial charge in [-0.3, -0.25) is 0 Å². The molecular weight excluding hydrogens is 202 g/mol. The second-order valence-electron chi connectivity index (χ2n) is 4.05. The van der Waals surface area contributed by atoms with Gasteiger partial charge in [0.2, 0.25) is 0 Å². The number of ether oxygens (including phenoxy) is 1. The van der Waals surface area contributed by atoms with Crippen molar-refractivity contribution in [2.24, 2.45) is 0 Å². The smallest absolute Gasteiger partial charge is 0.119 e. The Bertz CT molecular complexity index is 322. The first-order valence-electron chi connectivity index (χ1n) is 5.65. The molecule has 0 bridgehead atoms. The number of hydrogen-bond acceptors (Lipinski definition) is 3. The molecule has 0 heterocycles. The van der Waals surface area contributed by atoms with Crippen LogP contribution in [0.3, 0.4) is 0 Å². The molecule has 0 aliphatic carbocycles. The molecule has 0 radical (unpaired) electrons. The number of rotatable bonds is 6. The quantitative estimate of drug-likeness (QED) is 0.770. The van der Waals surface area contributed by atoms with E-state index in [2.05, 4.69) is 25.2 Å². The number of nitrogens with one attached hydrogen (secondary N) is 1. The highest BCUT2D eigenvalue weighted by molar-refractivity contribution is 5.33. The van der Waals surface area contributed by atoms with Gasteiger partial charge in [0.1, 0.15) is 5.75 Å². The summed E-state index contributed by atoms with van der Waals surface area (Å²) in [6, 6.07) is 6.21. The van der Waals surface area contributed by atoms with Gasteiger partial charge in [-0.05, 0) is 50.6 Å². The van der Waals surface area contributed by atoms with Crippen LogP contribution in [0.25, 0.3) is 0 Å². The van der Waals surface area contributed by atoms with E-state index in [4.69, 9.17) is 9.84 Å². The lowest BCUT2D eigenvalue weighted by atomic mass is 10.1. The first-order chi connectivity index (χ1) is 7.67. The fourth-order valence-electron chi connectivity index (χ4n) is 1.45. The highest BCUT2D eigenvalue weighted by atomic mass is 16.5. The van der Waals surface area contributed by atoms with E-state index >= 15 is 0 Å². The van der Waals surface area contributed by atoms with Crippen molar-refractivity contribution in [3.63, 3.8) is 0 Å². The molecule has 1 aromatic carbocycles. The molecular formula is C13H21NO2. The van der Waals surface area contributed by atoms with Gasteiger partial charge in [-0.1, -0.05) is 6.07 Å². The number of aryl methyl sites for hydroxylation is 2. The van der Waals surface area contributed by atoms with Crippen molar-refractivity contribution in [3.05, 3.63) is 29.3 Å². The second-order valence-corrected chi connectivity index (χ2v) is 4.05. The van der Waals surface area contributed by atoms with Crippen LogP contribution >= 0.6 is 0 Å². The van der Waals surface area contributed by atoms with Crippen molar-refractivity contribution < 1.29 is 9.84 Å². The summed E-state index contributed by atoms with van der Waals surface area (Å²) >= 11 is 0. The average Bonchev–Trinajstić information content (AvgIpc) is 2.29. The van der Waals surface area contributed by atoms with Crippen LogP contribution in [-0.4, -0.2) is 31.4 Å². The lowest BCUT2D eigenvalue weighted by Gasteiger charge is -2.14. The molecule has 3 nitrogen and oxygen atoms in total. The first kappa shape index (κ1) is 13.0. The molecule has 0 spiro atoms. The molecule has 1 atom stereocenters. The third kappa shape index (κ3) is 3.83. The van der Waals surface area contributed by atoms with Gasteiger partial charge in [0, 0.05) is 6.04 Å². The Kier molecular flexibility index (Phi) is 5.29. The van der Waals surface area contributed by atoms with E-state index < -0.39 is 0 Å². The van der Waals surface area contributed by atoms with Crippen LogP contribution in [0.2, 0.25) is 0 Å². The number of aliphatic hydroxyl groups excluding tert-OH is 1. The van der Waals surface area contributed by atoms with Crippen LogP contribution < -0.4 is 10.1 Å². The average molecular weight is 223 g/mol. The lowest BCUT2D eigenvalue weighted by molar-refractivity contribution is 0.214. The fourth-order valence-corrected chi connectivity index (χ4v) is 1.45. The Hall–Kier alpha value is -1.06. The summed E-state index contributed by atoms with van der Waals surface area (Å²) in [7, 11) is 1.84. The zero-order chi connectivity index (χ0) is 12.0. The Morgan fingerprint density at radius 2 is 2.06 bits per heavy atom. The molecule has 1 rings (SSSR count). The van der Waals surface area contributed by atoms with Gasteiger partial charge in [-0.25, -0.2) is 0 Å². The van der Waals surface area contributed by atoms with Gasteiger partial charge < -0.3 is 15.2 Å². The minimum absolute atomic E-state index is 0.117. The van der Waals surface area contributed by atoms with Gasteiger partial charge >= 0.3 is 0 Å². The van der Waals surface area contributed by atoms with Crippen molar-refractivity contribution >= 4 is 0 Å². The molecule has 0 fully saturated rings. The summed E-state index contributed by atoms with van der Waals surface area (Å²) in [5, 5.41) is 12.0. The summed E-state index contributed by atoms with van der Waals surface area (Å²) in [5.74, 6) is 0.899. The van der Waals surface area contributed by atoms with E-state index in [1.54, 1.807) is 0 Å².